The number of amides is 2. The van der Waals surface area contributed by atoms with E-state index in [1.165, 1.54) is 13.1 Å². The number of nitrogens with zero attached hydrogens (tertiary/aromatic N) is 1. The SMILES string of the molecule is CNC(=O)C1=C(O)[C@@H](N(C)C)[C@H]([C@@H](O)C2=C(C(=O)NCC(C)(C)C)C(=O)c3c(O)cccc3[C@@H]2C)CC1=O. The molecular weight excluding hydrogens is 490 g/mol. The van der Waals surface area contributed by atoms with E-state index in [9.17, 15) is 34.5 Å². The molecule has 4 atom stereocenters. The Labute approximate surface area is 222 Å². The van der Waals surface area contributed by atoms with Crippen LogP contribution in [0, 0.1) is 11.3 Å². The fourth-order valence-electron chi connectivity index (χ4n) is 5.31. The normalized spacial score (nSPS) is 22.9. The van der Waals surface area contributed by atoms with Gasteiger partial charge in [-0.15, -0.1) is 0 Å². The minimum absolute atomic E-state index is 0.00890. The Balaban J connectivity index is 2.21. The number of ketones is 2. The van der Waals surface area contributed by atoms with Gasteiger partial charge < -0.3 is 26.0 Å². The Bertz CT molecular complexity index is 1240. The largest absolute Gasteiger partial charge is 0.510 e. The van der Waals surface area contributed by atoms with E-state index in [1.807, 2.05) is 20.8 Å². The number of hydrogen-bond donors (Lipinski definition) is 5. The van der Waals surface area contributed by atoms with Crippen molar-refractivity contribution in [1.29, 1.82) is 0 Å². The standard InChI is InChI=1S/C28H37N3O7/c1-13-14-9-8-10-16(32)19(14)24(35)21(27(38)30-12-28(2,3)4)18(13)23(34)15-11-17(33)20(26(37)29-5)25(36)22(15)31(6)7/h8-10,13,15,22-23,32,34,36H,11-12H2,1-7H3,(H,29,37)(H,30,38)/t13-,15+,22-,23+/m0/s1. The number of benzene rings is 1. The number of hydrogen-bond acceptors (Lipinski definition) is 8. The van der Waals surface area contributed by atoms with E-state index in [-0.39, 0.29) is 46.4 Å². The molecule has 2 aliphatic rings. The van der Waals surface area contributed by atoms with E-state index >= 15 is 0 Å². The molecule has 0 unspecified atom stereocenters. The predicted octanol–water partition coefficient (Wildman–Crippen LogP) is 1.59. The maximum atomic E-state index is 13.7. The number of phenols is 1. The van der Waals surface area contributed by atoms with Crippen molar-refractivity contribution in [2.24, 2.45) is 11.3 Å². The van der Waals surface area contributed by atoms with Crippen LogP contribution in [-0.2, 0) is 14.4 Å². The van der Waals surface area contributed by atoms with Crippen LogP contribution >= 0.6 is 0 Å². The molecule has 10 heteroatoms. The topological polar surface area (TPSA) is 156 Å². The summed E-state index contributed by atoms with van der Waals surface area (Å²) in [4.78, 5) is 54.1. The maximum Gasteiger partial charge on any atom is 0.258 e. The van der Waals surface area contributed by atoms with Crippen molar-refractivity contribution in [2.75, 3.05) is 27.7 Å². The van der Waals surface area contributed by atoms with Crippen LogP contribution in [0.5, 0.6) is 5.75 Å². The van der Waals surface area contributed by atoms with Crippen molar-refractivity contribution in [3.8, 4) is 5.75 Å². The van der Waals surface area contributed by atoms with Crippen LogP contribution in [0.2, 0.25) is 0 Å². The molecule has 0 aliphatic heterocycles. The number of fused-ring (bicyclic) bond motifs is 1. The molecule has 1 aromatic rings. The minimum Gasteiger partial charge on any atom is -0.510 e. The molecule has 2 amide bonds. The summed E-state index contributed by atoms with van der Waals surface area (Å²) in [5.41, 5.74) is -0.447. The first-order valence-corrected chi connectivity index (χ1v) is 12.5. The van der Waals surface area contributed by atoms with Gasteiger partial charge in [0.05, 0.1) is 23.3 Å². The van der Waals surface area contributed by atoms with Gasteiger partial charge in [0.1, 0.15) is 17.1 Å². The van der Waals surface area contributed by atoms with Gasteiger partial charge in [0, 0.05) is 31.8 Å². The monoisotopic (exact) mass is 527 g/mol. The number of likely N-dealkylation sites (N-methyl/N-ethyl adjacent to an activating group) is 2. The number of aliphatic hydroxyl groups is 2. The number of aliphatic hydroxyl groups excluding tert-OH is 2. The Morgan fingerprint density at radius 1 is 1.11 bits per heavy atom. The summed E-state index contributed by atoms with van der Waals surface area (Å²) in [5.74, 6) is -5.23. The fraction of sp³-hybridized carbons (Fsp3) is 0.500. The van der Waals surface area contributed by atoms with Crippen molar-refractivity contribution >= 4 is 23.4 Å². The van der Waals surface area contributed by atoms with Crippen molar-refractivity contribution in [3.05, 3.63) is 51.8 Å². The molecule has 0 radical (unpaired) electrons. The van der Waals surface area contributed by atoms with Crippen molar-refractivity contribution in [2.45, 2.75) is 52.2 Å². The lowest BCUT2D eigenvalue weighted by atomic mass is 9.69. The summed E-state index contributed by atoms with van der Waals surface area (Å²) in [6.45, 7) is 7.70. The molecule has 0 bridgehead atoms. The first-order chi connectivity index (χ1) is 17.6. The maximum absolute atomic E-state index is 13.7. The Morgan fingerprint density at radius 2 is 1.74 bits per heavy atom. The van der Waals surface area contributed by atoms with Gasteiger partial charge in [0.15, 0.2) is 5.78 Å². The van der Waals surface area contributed by atoms with Gasteiger partial charge in [0.25, 0.3) is 11.8 Å². The quantitative estimate of drug-likeness (QED) is 0.349. The van der Waals surface area contributed by atoms with E-state index in [1.54, 1.807) is 38.1 Å². The molecule has 1 aromatic carbocycles. The van der Waals surface area contributed by atoms with E-state index in [0.29, 0.717) is 5.56 Å². The van der Waals surface area contributed by atoms with Gasteiger partial charge in [-0.2, -0.15) is 0 Å². The Morgan fingerprint density at radius 3 is 2.29 bits per heavy atom. The summed E-state index contributed by atoms with van der Waals surface area (Å²) >= 11 is 0. The molecule has 0 saturated carbocycles. The third-order valence-electron chi connectivity index (χ3n) is 7.13. The second-order valence-electron chi connectivity index (χ2n) is 11.3. The smallest absolute Gasteiger partial charge is 0.258 e. The van der Waals surface area contributed by atoms with E-state index in [2.05, 4.69) is 10.6 Å². The van der Waals surface area contributed by atoms with Crippen LogP contribution in [0.15, 0.2) is 40.7 Å². The highest BCUT2D eigenvalue weighted by Crippen LogP contribution is 2.44. The second-order valence-corrected chi connectivity index (χ2v) is 11.3. The minimum atomic E-state index is -1.51. The van der Waals surface area contributed by atoms with Crippen LogP contribution < -0.4 is 10.6 Å². The molecule has 0 aromatic heterocycles. The summed E-state index contributed by atoms with van der Waals surface area (Å²) in [7, 11) is 4.61. The Kier molecular flexibility index (Phi) is 8.18. The molecular formula is C28H37N3O7. The molecule has 2 aliphatic carbocycles. The number of carbonyl (C=O) groups is 4. The average Bonchev–Trinajstić information content (AvgIpc) is 2.82. The van der Waals surface area contributed by atoms with Gasteiger partial charge in [-0.25, -0.2) is 0 Å². The highest BCUT2D eigenvalue weighted by Gasteiger charge is 2.48. The first-order valence-electron chi connectivity index (χ1n) is 12.5. The number of carbonyl (C=O) groups excluding carboxylic acids is 4. The number of Topliss-reactive ketones (excluding diaryl/α,β-unsaturated/α-hetero) is 2. The van der Waals surface area contributed by atoms with Crippen molar-refractivity contribution in [3.63, 3.8) is 0 Å². The van der Waals surface area contributed by atoms with Crippen LogP contribution in [0.1, 0.15) is 56.0 Å². The molecule has 0 spiro atoms. The Hall–Kier alpha value is -3.50. The number of aromatic hydroxyl groups is 1. The zero-order valence-electron chi connectivity index (χ0n) is 22.9. The highest BCUT2D eigenvalue weighted by atomic mass is 16.3. The molecule has 38 heavy (non-hydrogen) atoms. The summed E-state index contributed by atoms with van der Waals surface area (Å²) < 4.78 is 0. The summed E-state index contributed by atoms with van der Waals surface area (Å²) in [6, 6.07) is 3.63. The molecule has 3 rings (SSSR count). The van der Waals surface area contributed by atoms with Crippen LogP contribution in [0.25, 0.3) is 0 Å². The van der Waals surface area contributed by atoms with Crippen molar-refractivity contribution < 1.29 is 34.5 Å². The zero-order chi connectivity index (χ0) is 28.7. The number of phenolic OH excluding ortho intramolecular Hbond substituents is 1. The van der Waals surface area contributed by atoms with E-state index < -0.39 is 53.1 Å². The fourth-order valence-corrected chi connectivity index (χ4v) is 5.31. The van der Waals surface area contributed by atoms with Gasteiger partial charge in [0.2, 0.25) is 5.78 Å². The molecule has 5 N–H and O–H groups in total. The van der Waals surface area contributed by atoms with E-state index in [0.717, 1.165) is 0 Å². The average molecular weight is 528 g/mol. The molecule has 0 heterocycles. The van der Waals surface area contributed by atoms with Gasteiger partial charge >= 0.3 is 0 Å². The number of rotatable bonds is 6. The molecule has 10 nitrogen and oxygen atoms in total. The van der Waals surface area contributed by atoms with Crippen LogP contribution in [-0.4, -0.2) is 83.4 Å². The summed E-state index contributed by atoms with van der Waals surface area (Å²) in [5, 5.41) is 38.4. The lowest BCUT2D eigenvalue weighted by Gasteiger charge is -2.41. The van der Waals surface area contributed by atoms with Gasteiger partial charge in [-0.05, 0) is 36.7 Å². The number of nitrogens with one attached hydrogen (secondary N) is 2. The zero-order valence-corrected chi connectivity index (χ0v) is 22.9. The highest BCUT2D eigenvalue weighted by molar-refractivity contribution is 6.28. The van der Waals surface area contributed by atoms with Crippen molar-refractivity contribution in [1.82, 2.24) is 15.5 Å². The third kappa shape index (κ3) is 5.23. The molecule has 0 saturated heterocycles. The van der Waals surface area contributed by atoms with Gasteiger partial charge in [-0.3, -0.25) is 24.1 Å². The lowest BCUT2D eigenvalue weighted by molar-refractivity contribution is -0.125. The third-order valence-corrected chi connectivity index (χ3v) is 7.13. The van der Waals surface area contributed by atoms with Crippen LogP contribution in [0.3, 0.4) is 0 Å². The molecule has 0 fully saturated rings. The first kappa shape index (κ1) is 29.1. The predicted molar refractivity (Wildman–Crippen MR) is 141 cm³/mol. The summed E-state index contributed by atoms with van der Waals surface area (Å²) in [6.07, 6.45) is -1.81. The van der Waals surface area contributed by atoms with E-state index in [4.69, 9.17) is 0 Å². The lowest BCUT2D eigenvalue weighted by Crippen LogP contribution is -2.50. The van der Waals surface area contributed by atoms with Crippen LogP contribution in [0.4, 0.5) is 0 Å². The second kappa shape index (κ2) is 10.7. The molecule has 206 valence electrons. The van der Waals surface area contributed by atoms with Gasteiger partial charge in [-0.1, -0.05) is 39.8 Å².